The maximum Gasteiger partial charge on any atom is 0.326 e. The monoisotopic (exact) mass is 401 g/mol. The van der Waals surface area contributed by atoms with Crippen molar-refractivity contribution in [2.24, 2.45) is 0 Å². The van der Waals surface area contributed by atoms with Crippen LogP contribution in [0.3, 0.4) is 0 Å². The number of hydrogen-bond donors (Lipinski definition) is 1. The lowest BCUT2D eigenvalue weighted by atomic mass is 10.1. The summed E-state index contributed by atoms with van der Waals surface area (Å²) in [6.45, 7) is 2.80. The van der Waals surface area contributed by atoms with Gasteiger partial charge >= 0.3 is 6.03 Å². The first-order chi connectivity index (χ1) is 14.6. The van der Waals surface area contributed by atoms with Gasteiger partial charge in [0.2, 0.25) is 0 Å². The van der Waals surface area contributed by atoms with Crippen molar-refractivity contribution in [2.45, 2.75) is 13.5 Å². The third kappa shape index (κ3) is 5.09. The van der Waals surface area contributed by atoms with Gasteiger partial charge in [0.25, 0.3) is 0 Å². The second-order valence-corrected chi connectivity index (χ2v) is 6.45. The van der Waals surface area contributed by atoms with Crippen molar-refractivity contribution in [2.75, 3.05) is 23.9 Å². The largest absolute Gasteiger partial charge is 0.496 e. The molecule has 0 aromatic heterocycles. The Morgan fingerprint density at radius 3 is 2.53 bits per heavy atom. The van der Waals surface area contributed by atoms with Crippen molar-refractivity contribution in [1.29, 1.82) is 5.26 Å². The number of carbonyl (C=O) groups is 1. The van der Waals surface area contributed by atoms with Crippen LogP contribution >= 0.6 is 0 Å². The highest BCUT2D eigenvalue weighted by atomic mass is 16.5. The minimum absolute atomic E-state index is 0.307. The Hall–Kier alpha value is -3.98. The minimum Gasteiger partial charge on any atom is -0.496 e. The van der Waals surface area contributed by atoms with Gasteiger partial charge in [0, 0.05) is 16.9 Å². The van der Waals surface area contributed by atoms with Gasteiger partial charge in [-0.15, -0.1) is 0 Å². The number of para-hydroxylation sites is 1. The molecule has 1 N–H and O–H groups in total. The van der Waals surface area contributed by atoms with Gasteiger partial charge in [-0.2, -0.15) is 5.26 Å². The molecule has 0 atom stereocenters. The van der Waals surface area contributed by atoms with Gasteiger partial charge in [-0.05, 0) is 55.5 Å². The SMILES string of the molecule is CCOc1ccc(N(Cc2ccccc2OC)C(=O)Nc2cccc(C#N)c2)cc1. The molecule has 3 aromatic rings. The molecular formula is C24H23N3O3. The molecule has 6 heteroatoms. The summed E-state index contributed by atoms with van der Waals surface area (Å²) in [5.41, 5.74) is 2.60. The number of rotatable bonds is 7. The smallest absolute Gasteiger partial charge is 0.326 e. The summed E-state index contributed by atoms with van der Waals surface area (Å²) < 4.78 is 11.0. The van der Waals surface area contributed by atoms with E-state index in [1.54, 1.807) is 36.3 Å². The minimum atomic E-state index is -0.319. The van der Waals surface area contributed by atoms with Gasteiger partial charge < -0.3 is 14.8 Å². The first kappa shape index (κ1) is 20.7. The Kier molecular flexibility index (Phi) is 6.91. The molecule has 0 radical (unpaired) electrons. The molecular weight excluding hydrogens is 378 g/mol. The maximum atomic E-state index is 13.2. The highest BCUT2D eigenvalue weighted by Gasteiger charge is 2.19. The molecule has 2 amide bonds. The van der Waals surface area contributed by atoms with Crippen LogP contribution in [0.1, 0.15) is 18.1 Å². The lowest BCUT2D eigenvalue weighted by molar-refractivity contribution is 0.256. The van der Waals surface area contributed by atoms with E-state index in [4.69, 9.17) is 14.7 Å². The topological polar surface area (TPSA) is 74.6 Å². The summed E-state index contributed by atoms with van der Waals surface area (Å²) in [7, 11) is 1.60. The summed E-state index contributed by atoms with van der Waals surface area (Å²) in [5.74, 6) is 1.44. The van der Waals surface area contributed by atoms with E-state index < -0.39 is 0 Å². The van der Waals surface area contributed by atoms with Crippen LogP contribution in [0, 0.1) is 11.3 Å². The predicted octanol–water partition coefficient (Wildman–Crippen LogP) is 5.20. The zero-order chi connectivity index (χ0) is 21.3. The maximum absolute atomic E-state index is 13.2. The molecule has 0 aliphatic carbocycles. The first-order valence-corrected chi connectivity index (χ1v) is 9.58. The average Bonchev–Trinajstić information content (AvgIpc) is 2.78. The van der Waals surface area contributed by atoms with Crippen LogP contribution < -0.4 is 19.7 Å². The van der Waals surface area contributed by atoms with Crippen molar-refractivity contribution in [3.63, 3.8) is 0 Å². The number of benzene rings is 3. The number of nitrogens with zero attached hydrogens (tertiary/aromatic N) is 2. The van der Waals surface area contributed by atoms with E-state index in [0.29, 0.717) is 35.8 Å². The fraction of sp³-hybridized carbons (Fsp3) is 0.167. The number of nitriles is 1. The molecule has 0 unspecified atom stereocenters. The van der Waals surface area contributed by atoms with Gasteiger partial charge in [-0.1, -0.05) is 24.3 Å². The van der Waals surface area contributed by atoms with Crippen molar-refractivity contribution in [3.8, 4) is 17.6 Å². The quantitative estimate of drug-likeness (QED) is 0.590. The first-order valence-electron chi connectivity index (χ1n) is 9.58. The molecule has 3 rings (SSSR count). The van der Waals surface area contributed by atoms with Gasteiger partial charge in [0.15, 0.2) is 0 Å². The highest BCUT2D eigenvalue weighted by molar-refractivity contribution is 6.01. The molecule has 0 bridgehead atoms. The predicted molar refractivity (Wildman–Crippen MR) is 117 cm³/mol. The zero-order valence-electron chi connectivity index (χ0n) is 17.0. The molecule has 0 aliphatic heterocycles. The van der Waals surface area contributed by atoms with Crippen molar-refractivity contribution >= 4 is 17.4 Å². The molecule has 152 valence electrons. The average molecular weight is 401 g/mol. The molecule has 6 nitrogen and oxygen atoms in total. The molecule has 30 heavy (non-hydrogen) atoms. The Labute approximate surface area is 176 Å². The summed E-state index contributed by atoms with van der Waals surface area (Å²) in [6.07, 6.45) is 0. The highest BCUT2D eigenvalue weighted by Crippen LogP contribution is 2.26. The lowest BCUT2D eigenvalue weighted by Gasteiger charge is -2.24. The van der Waals surface area contributed by atoms with E-state index >= 15 is 0 Å². The van der Waals surface area contributed by atoms with Crippen LogP contribution in [0.5, 0.6) is 11.5 Å². The van der Waals surface area contributed by atoms with Crippen LogP contribution in [0.4, 0.5) is 16.2 Å². The fourth-order valence-corrected chi connectivity index (χ4v) is 3.03. The molecule has 3 aromatic carbocycles. The van der Waals surface area contributed by atoms with Crippen LogP contribution in [0.25, 0.3) is 0 Å². The van der Waals surface area contributed by atoms with Crippen LogP contribution in [0.2, 0.25) is 0 Å². The lowest BCUT2D eigenvalue weighted by Crippen LogP contribution is -2.34. The number of methoxy groups -OCH3 is 1. The van der Waals surface area contributed by atoms with E-state index in [-0.39, 0.29) is 6.03 Å². The van der Waals surface area contributed by atoms with Crippen molar-refractivity contribution in [3.05, 3.63) is 83.9 Å². The number of hydrogen-bond acceptors (Lipinski definition) is 4. The Morgan fingerprint density at radius 2 is 1.83 bits per heavy atom. The second kappa shape index (κ2) is 9.99. The molecule has 0 saturated carbocycles. The van der Waals surface area contributed by atoms with Gasteiger partial charge in [0.05, 0.1) is 31.9 Å². The molecule has 0 saturated heterocycles. The summed E-state index contributed by atoms with van der Waals surface area (Å²) in [4.78, 5) is 14.8. The van der Waals surface area contributed by atoms with Gasteiger partial charge in [0.1, 0.15) is 11.5 Å². The third-order valence-corrected chi connectivity index (χ3v) is 4.47. The van der Waals surface area contributed by atoms with Crippen molar-refractivity contribution in [1.82, 2.24) is 0 Å². The standard InChI is InChI=1S/C24H23N3O3/c1-3-30-22-13-11-21(12-14-22)27(17-19-8-4-5-10-23(19)29-2)24(28)26-20-9-6-7-18(15-20)16-25/h4-15H,3,17H2,1-2H3,(H,26,28). The van der Waals surface area contributed by atoms with Crippen LogP contribution in [-0.4, -0.2) is 19.7 Å². The summed E-state index contributed by atoms with van der Waals surface area (Å²) >= 11 is 0. The fourth-order valence-electron chi connectivity index (χ4n) is 3.03. The number of anilines is 2. The second-order valence-electron chi connectivity index (χ2n) is 6.45. The number of urea groups is 1. The van der Waals surface area contributed by atoms with E-state index in [1.165, 1.54) is 0 Å². The summed E-state index contributed by atoms with van der Waals surface area (Å²) in [6, 6.07) is 23.5. The van der Waals surface area contributed by atoms with Crippen molar-refractivity contribution < 1.29 is 14.3 Å². The van der Waals surface area contributed by atoms with Crippen LogP contribution in [-0.2, 0) is 6.54 Å². The molecule has 0 aliphatic rings. The number of carbonyl (C=O) groups excluding carboxylic acids is 1. The Morgan fingerprint density at radius 1 is 1.07 bits per heavy atom. The number of amides is 2. The van der Waals surface area contributed by atoms with E-state index in [9.17, 15) is 4.79 Å². The summed E-state index contributed by atoms with van der Waals surface area (Å²) in [5, 5.41) is 12.0. The van der Waals surface area contributed by atoms with Gasteiger partial charge in [-0.3, -0.25) is 4.90 Å². The molecule has 0 heterocycles. The number of ether oxygens (including phenoxy) is 2. The van der Waals surface area contributed by atoms with Crippen LogP contribution in [0.15, 0.2) is 72.8 Å². The Balaban J connectivity index is 1.91. The third-order valence-electron chi connectivity index (χ3n) is 4.47. The van der Waals surface area contributed by atoms with Gasteiger partial charge in [-0.25, -0.2) is 4.79 Å². The zero-order valence-corrected chi connectivity index (χ0v) is 17.0. The van der Waals surface area contributed by atoms with E-state index in [2.05, 4.69) is 11.4 Å². The number of nitrogens with one attached hydrogen (secondary N) is 1. The van der Waals surface area contributed by atoms with E-state index in [0.717, 1.165) is 11.3 Å². The molecule has 0 spiro atoms. The Bertz CT molecular complexity index is 1040. The molecule has 0 fully saturated rings. The normalized spacial score (nSPS) is 10.0. The van der Waals surface area contributed by atoms with E-state index in [1.807, 2.05) is 55.5 Å².